The lowest BCUT2D eigenvalue weighted by atomic mass is 10.0. The molecule has 1 aliphatic rings. The average Bonchev–Trinajstić information content (AvgIpc) is 2.89. The standard InChI is InChI=1S/C13H9BrClF4NO3S/c14-8-3-1-2-7(6-8)11(9-4-5-10(21)23-9)20-24(22)13(18,19)12(15,16)17/h1-6,9,11,20H/t9-,11-,24?/m1/s1. The molecule has 0 amide bonds. The van der Waals surface area contributed by atoms with E-state index in [-0.39, 0.29) is 5.56 Å². The second-order valence-electron chi connectivity index (χ2n) is 4.69. The highest BCUT2D eigenvalue weighted by Crippen LogP contribution is 2.40. The minimum atomic E-state index is -5.04. The average molecular weight is 451 g/mol. The van der Waals surface area contributed by atoms with Crippen molar-refractivity contribution in [3.63, 3.8) is 0 Å². The van der Waals surface area contributed by atoms with Crippen molar-refractivity contribution in [1.82, 2.24) is 4.72 Å². The molecule has 0 fully saturated rings. The zero-order valence-electron chi connectivity index (χ0n) is 11.5. The molecule has 0 spiro atoms. The van der Waals surface area contributed by atoms with Crippen LogP contribution in [0.25, 0.3) is 0 Å². The molecule has 1 unspecified atom stereocenters. The summed E-state index contributed by atoms with van der Waals surface area (Å²) in [5, 5.41) is -10.1. The van der Waals surface area contributed by atoms with Gasteiger partial charge in [-0.3, -0.25) is 0 Å². The number of alkyl halides is 5. The molecular formula is C13H9BrClF4NO3S. The topological polar surface area (TPSA) is 55.4 Å². The minimum Gasteiger partial charge on any atom is -0.453 e. The summed E-state index contributed by atoms with van der Waals surface area (Å²) in [7, 11) is -3.55. The van der Waals surface area contributed by atoms with Gasteiger partial charge in [0.1, 0.15) is 6.10 Å². The summed E-state index contributed by atoms with van der Waals surface area (Å²) in [5.74, 6) is -0.734. The second-order valence-corrected chi connectivity index (χ2v) is 7.37. The number of halogens is 6. The Bertz CT molecular complexity index is 698. The van der Waals surface area contributed by atoms with Gasteiger partial charge in [-0.1, -0.05) is 28.1 Å². The minimum absolute atomic E-state index is 0.288. The van der Waals surface area contributed by atoms with E-state index >= 15 is 0 Å². The molecule has 132 valence electrons. The summed E-state index contributed by atoms with van der Waals surface area (Å²) in [6.07, 6.45) is 1.19. The summed E-state index contributed by atoms with van der Waals surface area (Å²) in [5.41, 5.74) is 0.288. The van der Waals surface area contributed by atoms with Gasteiger partial charge in [-0.25, -0.2) is 13.7 Å². The van der Waals surface area contributed by atoms with Crippen LogP contribution in [-0.2, 0) is 20.5 Å². The SMILES string of the molecule is O=C1C=C[C@H]([C@H](NS(=O)C(F)(F)C(F)(F)Cl)c2cccc(Br)c2)O1. The zero-order chi connectivity index (χ0) is 18.1. The fraction of sp³-hybridized carbons (Fsp3) is 0.308. The third-order valence-electron chi connectivity index (χ3n) is 3.01. The number of benzene rings is 1. The number of hydrogen-bond donors (Lipinski definition) is 1. The number of esters is 1. The van der Waals surface area contributed by atoms with E-state index in [1.807, 2.05) is 4.72 Å². The van der Waals surface area contributed by atoms with Gasteiger partial charge in [-0.05, 0) is 35.4 Å². The van der Waals surface area contributed by atoms with Gasteiger partial charge < -0.3 is 4.74 Å². The van der Waals surface area contributed by atoms with Crippen LogP contribution in [0, 0.1) is 0 Å². The van der Waals surface area contributed by atoms with Crippen molar-refractivity contribution in [2.45, 2.75) is 22.8 Å². The molecule has 0 aromatic heterocycles. The highest BCUT2D eigenvalue weighted by atomic mass is 79.9. The molecule has 3 atom stereocenters. The number of rotatable bonds is 6. The quantitative estimate of drug-likeness (QED) is 0.409. The molecule has 24 heavy (non-hydrogen) atoms. The van der Waals surface area contributed by atoms with Crippen molar-refractivity contribution in [1.29, 1.82) is 0 Å². The Morgan fingerprint density at radius 2 is 2.00 bits per heavy atom. The first-order valence-corrected chi connectivity index (χ1v) is 8.61. The summed E-state index contributed by atoms with van der Waals surface area (Å²) < 4.78 is 71.5. The number of carbonyl (C=O) groups is 1. The maximum absolute atomic E-state index is 13.5. The van der Waals surface area contributed by atoms with Crippen LogP contribution in [-0.4, -0.2) is 26.9 Å². The number of hydrogen-bond acceptors (Lipinski definition) is 3. The predicted octanol–water partition coefficient (Wildman–Crippen LogP) is 3.65. The lowest BCUT2D eigenvalue weighted by molar-refractivity contribution is -0.139. The lowest BCUT2D eigenvalue weighted by Crippen LogP contribution is -2.47. The van der Waals surface area contributed by atoms with E-state index in [1.165, 1.54) is 18.2 Å². The van der Waals surface area contributed by atoms with Crippen molar-refractivity contribution in [2.24, 2.45) is 0 Å². The van der Waals surface area contributed by atoms with Crippen LogP contribution in [0.3, 0.4) is 0 Å². The van der Waals surface area contributed by atoms with Crippen molar-refractivity contribution in [3.8, 4) is 0 Å². The molecule has 1 N–H and O–H groups in total. The molecule has 0 saturated heterocycles. The molecular weight excluding hydrogens is 442 g/mol. The predicted molar refractivity (Wildman–Crippen MR) is 82.9 cm³/mol. The van der Waals surface area contributed by atoms with Gasteiger partial charge in [0.05, 0.1) is 6.04 Å². The third-order valence-corrected chi connectivity index (χ3v) is 5.04. The first kappa shape index (κ1) is 19.4. The van der Waals surface area contributed by atoms with Crippen LogP contribution < -0.4 is 4.72 Å². The molecule has 1 aliphatic heterocycles. The van der Waals surface area contributed by atoms with Crippen molar-refractivity contribution in [3.05, 3.63) is 46.5 Å². The van der Waals surface area contributed by atoms with Crippen molar-refractivity contribution in [2.75, 3.05) is 0 Å². The molecule has 0 saturated carbocycles. The second kappa shape index (κ2) is 7.11. The van der Waals surface area contributed by atoms with Crippen LogP contribution >= 0.6 is 27.5 Å². The van der Waals surface area contributed by atoms with Crippen LogP contribution in [0.2, 0.25) is 0 Å². The largest absolute Gasteiger partial charge is 0.453 e. The van der Waals surface area contributed by atoms with Gasteiger partial charge in [0.15, 0.2) is 11.0 Å². The number of nitrogens with one attached hydrogen (secondary N) is 1. The smallest absolute Gasteiger partial charge is 0.410 e. The van der Waals surface area contributed by atoms with Crippen LogP contribution in [0.4, 0.5) is 17.6 Å². The molecule has 1 aromatic carbocycles. The molecule has 1 aromatic rings. The van der Waals surface area contributed by atoms with E-state index in [0.717, 1.165) is 6.08 Å². The lowest BCUT2D eigenvalue weighted by Gasteiger charge is -2.27. The van der Waals surface area contributed by atoms with Gasteiger partial charge >= 0.3 is 16.6 Å². The van der Waals surface area contributed by atoms with Crippen molar-refractivity contribution >= 4 is 44.5 Å². The Morgan fingerprint density at radius 1 is 1.33 bits per heavy atom. The first-order chi connectivity index (χ1) is 11.0. The summed E-state index contributed by atoms with van der Waals surface area (Å²) in [6, 6.07) is 4.87. The summed E-state index contributed by atoms with van der Waals surface area (Å²) in [4.78, 5) is 11.2. The molecule has 2 rings (SSSR count). The Hall–Kier alpha value is -0.970. The molecule has 1 heterocycles. The van der Waals surface area contributed by atoms with Gasteiger partial charge in [-0.15, -0.1) is 0 Å². The van der Waals surface area contributed by atoms with Crippen LogP contribution in [0.1, 0.15) is 11.6 Å². The first-order valence-electron chi connectivity index (χ1n) is 6.29. The molecule has 11 heteroatoms. The van der Waals surface area contributed by atoms with E-state index in [1.54, 1.807) is 12.1 Å². The van der Waals surface area contributed by atoms with Crippen molar-refractivity contribution < 1.29 is 31.3 Å². The molecule has 0 radical (unpaired) electrons. The van der Waals surface area contributed by atoms with E-state index in [0.29, 0.717) is 4.47 Å². The molecule has 0 aliphatic carbocycles. The highest BCUT2D eigenvalue weighted by molar-refractivity contribution is 9.10. The monoisotopic (exact) mass is 449 g/mol. The van der Waals surface area contributed by atoms with E-state index in [9.17, 15) is 26.6 Å². The normalized spacial score (nSPS) is 20.8. The Morgan fingerprint density at radius 3 is 2.50 bits per heavy atom. The Kier molecular flexibility index (Phi) is 5.73. The number of carbonyl (C=O) groups excluding carboxylic acids is 1. The van der Waals surface area contributed by atoms with Crippen LogP contribution in [0.15, 0.2) is 40.9 Å². The maximum Gasteiger partial charge on any atom is 0.410 e. The van der Waals surface area contributed by atoms with Gasteiger partial charge in [-0.2, -0.15) is 17.6 Å². The van der Waals surface area contributed by atoms with Gasteiger partial charge in [0, 0.05) is 10.5 Å². The van der Waals surface area contributed by atoms with Crippen LogP contribution in [0.5, 0.6) is 0 Å². The maximum atomic E-state index is 13.5. The Labute approximate surface area is 149 Å². The summed E-state index contributed by atoms with van der Waals surface area (Å²) >= 11 is 7.50. The third kappa shape index (κ3) is 4.16. The fourth-order valence-electron chi connectivity index (χ4n) is 1.88. The van der Waals surface area contributed by atoms with Gasteiger partial charge in [0.25, 0.3) is 0 Å². The van der Waals surface area contributed by atoms with Gasteiger partial charge in [0.2, 0.25) is 0 Å². The highest BCUT2D eigenvalue weighted by Gasteiger charge is 2.61. The Balaban J connectivity index is 2.32. The zero-order valence-corrected chi connectivity index (χ0v) is 14.7. The number of ether oxygens (including phenoxy) is 1. The molecule has 0 bridgehead atoms. The fourth-order valence-corrected chi connectivity index (χ4v) is 3.37. The number of cyclic esters (lactones) is 1. The summed E-state index contributed by atoms with van der Waals surface area (Å²) in [6.45, 7) is 0. The van der Waals surface area contributed by atoms with E-state index < -0.39 is 39.7 Å². The van der Waals surface area contributed by atoms with E-state index in [2.05, 4.69) is 27.5 Å². The van der Waals surface area contributed by atoms with E-state index in [4.69, 9.17) is 4.74 Å². The molecule has 4 nitrogen and oxygen atoms in total.